The Morgan fingerprint density at radius 1 is 0.700 bits per heavy atom. The van der Waals surface area contributed by atoms with E-state index in [1.54, 1.807) is 11.1 Å². The summed E-state index contributed by atoms with van der Waals surface area (Å²) < 4.78 is 0. The quantitative estimate of drug-likeness (QED) is 0.624. The Bertz CT molecular complexity index is 442. The molecule has 4 aliphatic rings. The second kappa shape index (κ2) is 5.39. The van der Waals surface area contributed by atoms with Gasteiger partial charge in [-0.25, -0.2) is 0 Å². The van der Waals surface area contributed by atoms with Gasteiger partial charge in [-0.1, -0.05) is 47.6 Å². The highest BCUT2D eigenvalue weighted by Crippen LogP contribution is 2.47. The van der Waals surface area contributed by atoms with Crippen LogP contribution in [-0.2, 0) is 0 Å². The normalized spacial score (nSPS) is 38.4. The van der Waals surface area contributed by atoms with Crippen molar-refractivity contribution in [2.75, 3.05) is 0 Å². The van der Waals surface area contributed by atoms with Crippen LogP contribution in [0.25, 0.3) is 0 Å². The lowest BCUT2D eigenvalue weighted by atomic mass is 9.84. The molecule has 0 amide bonds. The third kappa shape index (κ3) is 2.24. The fourth-order valence-electron chi connectivity index (χ4n) is 5.06. The van der Waals surface area contributed by atoms with Gasteiger partial charge in [-0.15, -0.1) is 0 Å². The molecule has 2 fully saturated rings. The Morgan fingerprint density at radius 3 is 1.70 bits per heavy atom. The first-order valence-corrected chi connectivity index (χ1v) is 8.65. The van der Waals surface area contributed by atoms with Crippen molar-refractivity contribution in [1.82, 2.24) is 0 Å². The summed E-state index contributed by atoms with van der Waals surface area (Å²) in [7, 11) is 0. The van der Waals surface area contributed by atoms with Crippen molar-refractivity contribution < 1.29 is 0 Å². The highest BCUT2D eigenvalue weighted by atomic mass is 14.4. The molecule has 20 heavy (non-hydrogen) atoms. The molecule has 0 heteroatoms. The summed E-state index contributed by atoms with van der Waals surface area (Å²) in [6, 6.07) is 0. The van der Waals surface area contributed by atoms with Crippen LogP contribution < -0.4 is 0 Å². The second-order valence-electron chi connectivity index (χ2n) is 7.18. The molecule has 0 aliphatic heterocycles. The van der Waals surface area contributed by atoms with E-state index in [-0.39, 0.29) is 0 Å². The van der Waals surface area contributed by atoms with Crippen molar-refractivity contribution in [2.24, 2.45) is 23.7 Å². The minimum atomic E-state index is 0.901. The minimum absolute atomic E-state index is 0.901. The molecule has 2 saturated carbocycles. The van der Waals surface area contributed by atoms with Crippen molar-refractivity contribution in [3.05, 3.63) is 47.6 Å². The zero-order valence-electron chi connectivity index (χ0n) is 12.4. The zero-order chi connectivity index (χ0) is 13.4. The zero-order valence-corrected chi connectivity index (χ0v) is 12.4. The van der Waals surface area contributed by atoms with E-state index in [9.17, 15) is 0 Å². The summed E-state index contributed by atoms with van der Waals surface area (Å²) in [4.78, 5) is 0. The van der Waals surface area contributed by atoms with E-state index < -0.39 is 0 Å². The van der Waals surface area contributed by atoms with Gasteiger partial charge in [-0.3, -0.25) is 0 Å². The van der Waals surface area contributed by atoms with Crippen LogP contribution >= 0.6 is 0 Å². The Kier molecular flexibility index (Phi) is 3.42. The SMILES string of the molecule is C1=CCC2CCC(CC[C@H]3CC[C@@H]4CC=CC=C34)C2=C1. The Hall–Kier alpha value is -1.04. The molecule has 0 N–H and O–H groups in total. The fourth-order valence-corrected chi connectivity index (χ4v) is 5.06. The molecule has 0 radical (unpaired) electrons. The predicted molar refractivity (Wildman–Crippen MR) is 85.3 cm³/mol. The van der Waals surface area contributed by atoms with E-state index in [0.29, 0.717) is 0 Å². The maximum atomic E-state index is 2.44. The molecule has 0 aromatic carbocycles. The standard InChI is InChI=1S/C20H26/c1-3-7-19-15(5-1)9-11-17(19)13-14-18-12-10-16-6-2-4-8-20(16)18/h1-4,7-8,15-18H,5-6,9-14H2/t15-,16?,17+,18?/m0/s1. The van der Waals surface area contributed by atoms with E-state index in [1.165, 1.54) is 51.4 Å². The maximum absolute atomic E-state index is 2.44. The summed E-state index contributed by atoms with van der Waals surface area (Å²) in [5, 5.41) is 0. The van der Waals surface area contributed by atoms with Gasteiger partial charge in [0.2, 0.25) is 0 Å². The van der Waals surface area contributed by atoms with Crippen LogP contribution in [-0.4, -0.2) is 0 Å². The van der Waals surface area contributed by atoms with Crippen molar-refractivity contribution >= 4 is 0 Å². The van der Waals surface area contributed by atoms with E-state index in [0.717, 1.165) is 23.7 Å². The van der Waals surface area contributed by atoms with Crippen LogP contribution in [0.15, 0.2) is 47.6 Å². The first-order chi connectivity index (χ1) is 9.92. The lowest BCUT2D eigenvalue weighted by Crippen LogP contribution is -2.08. The molecule has 0 aromatic rings. The lowest BCUT2D eigenvalue weighted by molar-refractivity contribution is 0.468. The largest absolute Gasteiger partial charge is 0.0839 e. The van der Waals surface area contributed by atoms with Gasteiger partial charge in [0.1, 0.15) is 0 Å². The van der Waals surface area contributed by atoms with Gasteiger partial charge in [0.15, 0.2) is 0 Å². The first kappa shape index (κ1) is 12.7. The topological polar surface area (TPSA) is 0 Å². The first-order valence-electron chi connectivity index (χ1n) is 8.65. The van der Waals surface area contributed by atoms with Crippen LogP contribution in [0.1, 0.15) is 51.4 Å². The Labute approximate surface area is 123 Å². The van der Waals surface area contributed by atoms with Gasteiger partial charge in [0.05, 0.1) is 0 Å². The van der Waals surface area contributed by atoms with Gasteiger partial charge in [-0.2, -0.15) is 0 Å². The molecule has 0 bridgehead atoms. The number of hydrogen-bond donors (Lipinski definition) is 0. The average Bonchev–Trinajstić information content (AvgIpc) is 3.09. The summed E-state index contributed by atoms with van der Waals surface area (Å²) >= 11 is 0. The molecule has 0 aromatic heterocycles. The summed E-state index contributed by atoms with van der Waals surface area (Å²) in [6.45, 7) is 0. The van der Waals surface area contributed by atoms with Gasteiger partial charge < -0.3 is 0 Å². The molecule has 106 valence electrons. The van der Waals surface area contributed by atoms with E-state index in [1.807, 2.05) is 0 Å². The molecule has 0 saturated heterocycles. The molecular formula is C20H26. The molecule has 2 unspecified atom stereocenters. The molecular weight excluding hydrogens is 240 g/mol. The monoisotopic (exact) mass is 266 g/mol. The number of allylic oxidation sites excluding steroid dienone is 8. The maximum Gasteiger partial charge on any atom is -0.0162 e. The average molecular weight is 266 g/mol. The third-order valence-corrected chi connectivity index (χ3v) is 6.17. The molecule has 0 heterocycles. The van der Waals surface area contributed by atoms with Crippen LogP contribution in [0, 0.1) is 23.7 Å². The molecule has 4 rings (SSSR count). The lowest BCUT2D eigenvalue weighted by Gasteiger charge is -2.22. The smallest absolute Gasteiger partial charge is 0.0162 e. The fraction of sp³-hybridized carbons (Fsp3) is 0.600. The van der Waals surface area contributed by atoms with Gasteiger partial charge in [-0.05, 0) is 75.0 Å². The van der Waals surface area contributed by atoms with Crippen LogP contribution in [0.4, 0.5) is 0 Å². The number of fused-ring (bicyclic) bond motifs is 2. The van der Waals surface area contributed by atoms with Crippen molar-refractivity contribution in [1.29, 1.82) is 0 Å². The second-order valence-corrected chi connectivity index (χ2v) is 7.18. The highest BCUT2D eigenvalue weighted by Gasteiger charge is 2.33. The number of hydrogen-bond acceptors (Lipinski definition) is 0. The van der Waals surface area contributed by atoms with Gasteiger partial charge in [0, 0.05) is 0 Å². The van der Waals surface area contributed by atoms with Crippen molar-refractivity contribution in [3.8, 4) is 0 Å². The van der Waals surface area contributed by atoms with E-state index >= 15 is 0 Å². The van der Waals surface area contributed by atoms with Gasteiger partial charge in [0.25, 0.3) is 0 Å². The van der Waals surface area contributed by atoms with Crippen molar-refractivity contribution in [2.45, 2.75) is 51.4 Å². The highest BCUT2D eigenvalue weighted by molar-refractivity contribution is 5.28. The van der Waals surface area contributed by atoms with Crippen molar-refractivity contribution in [3.63, 3.8) is 0 Å². The summed E-state index contributed by atoms with van der Waals surface area (Å²) in [5.74, 6) is 3.61. The van der Waals surface area contributed by atoms with E-state index in [2.05, 4.69) is 36.5 Å². The third-order valence-electron chi connectivity index (χ3n) is 6.17. The molecule has 4 aliphatic carbocycles. The predicted octanol–water partition coefficient (Wildman–Crippen LogP) is 5.59. The molecule has 0 nitrogen and oxygen atoms in total. The van der Waals surface area contributed by atoms with Crippen LogP contribution in [0.3, 0.4) is 0 Å². The molecule has 4 atom stereocenters. The van der Waals surface area contributed by atoms with Gasteiger partial charge >= 0.3 is 0 Å². The van der Waals surface area contributed by atoms with E-state index in [4.69, 9.17) is 0 Å². The Morgan fingerprint density at radius 2 is 1.20 bits per heavy atom. The summed E-state index contributed by atoms with van der Waals surface area (Å²) in [5.41, 5.74) is 3.58. The van der Waals surface area contributed by atoms with Crippen LogP contribution in [0.2, 0.25) is 0 Å². The molecule has 0 spiro atoms. The summed E-state index contributed by atoms with van der Waals surface area (Å²) in [6.07, 6.45) is 25.5. The van der Waals surface area contributed by atoms with Crippen LogP contribution in [0.5, 0.6) is 0 Å². The Balaban J connectivity index is 1.39. The minimum Gasteiger partial charge on any atom is -0.0839 e. The number of rotatable bonds is 3.